The van der Waals surface area contributed by atoms with E-state index in [0.29, 0.717) is 16.5 Å². The molecule has 0 aliphatic carbocycles. The number of ether oxygens (including phenoxy) is 1. The first kappa shape index (κ1) is 12.2. The Hall–Kier alpha value is -2.28. The van der Waals surface area contributed by atoms with Crippen molar-refractivity contribution < 1.29 is 9.53 Å². The molecule has 0 fully saturated rings. The molecule has 0 saturated carbocycles. The first-order chi connectivity index (χ1) is 8.42. The van der Waals surface area contributed by atoms with E-state index in [1.165, 1.54) is 4.57 Å². The number of nitriles is 1. The van der Waals surface area contributed by atoms with Crippen LogP contribution in [0.5, 0.6) is 0 Å². The Morgan fingerprint density at radius 1 is 1.44 bits per heavy atom. The van der Waals surface area contributed by atoms with Gasteiger partial charge < -0.3 is 4.74 Å². The Kier molecular flexibility index (Phi) is 2.84. The molecule has 0 bridgehead atoms. The lowest BCUT2D eigenvalue weighted by molar-refractivity contribution is 0.0543. The topological polar surface area (TPSA) is 55.0 Å². The number of benzene rings is 1. The van der Waals surface area contributed by atoms with E-state index in [4.69, 9.17) is 10.00 Å². The van der Waals surface area contributed by atoms with Gasteiger partial charge in [0.2, 0.25) is 0 Å². The van der Waals surface area contributed by atoms with Crippen LogP contribution < -0.4 is 0 Å². The fourth-order valence-corrected chi connectivity index (χ4v) is 1.65. The molecule has 0 atom stereocenters. The van der Waals surface area contributed by atoms with Gasteiger partial charge in [0.15, 0.2) is 0 Å². The second kappa shape index (κ2) is 4.19. The van der Waals surface area contributed by atoms with E-state index in [9.17, 15) is 4.79 Å². The molecule has 0 N–H and O–H groups in total. The van der Waals surface area contributed by atoms with Gasteiger partial charge in [-0.2, -0.15) is 5.26 Å². The minimum Gasteiger partial charge on any atom is -0.443 e. The molecule has 91 valence electrons. The van der Waals surface area contributed by atoms with Gasteiger partial charge in [-0.3, -0.25) is 0 Å². The molecule has 18 heavy (non-hydrogen) atoms. The summed E-state index contributed by atoms with van der Waals surface area (Å²) in [6.45, 7) is 5.41. The number of fused-ring (bicyclic) bond motifs is 1. The Labute approximate surface area is 105 Å². The predicted octanol–water partition coefficient (Wildman–Crippen LogP) is 3.10. The van der Waals surface area contributed by atoms with Gasteiger partial charge in [-0.25, -0.2) is 9.36 Å². The van der Waals surface area contributed by atoms with Gasteiger partial charge >= 0.3 is 6.09 Å². The van der Waals surface area contributed by atoms with Crippen LogP contribution in [0.3, 0.4) is 0 Å². The zero-order chi connectivity index (χ0) is 13.3. The third-order valence-electron chi connectivity index (χ3n) is 2.36. The second-order valence-electron chi connectivity index (χ2n) is 4.94. The monoisotopic (exact) mass is 241 g/mol. The van der Waals surface area contributed by atoms with Crippen molar-refractivity contribution in [1.82, 2.24) is 4.57 Å². The number of hydrogen-bond acceptors (Lipinski definition) is 3. The highest BCUT2D eigenvalue weighted by atomic mass is 16.6. The molecule has 1 heterocycles. The Morgan fingerprint density at radius 2 is 2.17 bits per heavy atom. The summed E-state index contributed by atoms with van der Waals surface area (Å²) in [5.41, 5.74) is 0.586. The summed E-state index contributed by atoms with van der Waals surface area (Å²) >= 11 is 0. The first-order valence-electron chi connectivity index (χ1n) is 5.58. The number of nitrogens with zero attached hydrogens (tertiary/aromatic N) is 2. The predicted molar refractivity (Wildman–Crippen MR) is 67.1 cm³/mol. The average molecular weight is 241 g/mol. The summed E-state index contributed by atoms with van der Waals surface area (Å²) in [7, 11) is 0. The lowest BCUT2D eigenvalue weighted by atomic mass is 10.1. The summed E-state index contributed by atoms with van der Waals surface area (Å²) < 4.78 is 6.57. The number of carbonyl (C=O) groups is 1. The molecule has 0 amide bonds. The zero-order valence-corrected chi connectivity index (χ0v) is 10.5. The van der Waals surface area contributed by atoms with Crippen LogP contribution in [-0.2, 0) is 4.74 Å². The van der Waals surface area contributed by atoms with Gasteiger partial charge in [-0.1, -0.05) is 6.07 Å². The van der Waals surface area contributed by atoms with Crippen molar-refractivity contribution in [2.75, 3.05) is 0 Å². The highest BCUT2D eigenvalue weighted by Crippen LogP contribution is 2.20. The molecule has 1 aromatic heterocycles. The zero-order valence-electron chi connectivity index (χ0n) is 10.5. The number of rotatable bonds is 0. The SMILES string of the molecule is CC(C)(C)OC(=O)n1[c]cc2c(C#N)cccc21. The summed E-state index contributed by atoms with van der Waals surface area (Å²) in [5, 5.41) is 9.68. The lowest BCUT2D eigenvalue weighted by Gasteiger charge is -2.19. The largest absolute Gasteiger partial charge is 0.443 e. The number of aromatic nitrogens is 1. The van der Waals surface area contributed by atoms with Crippen LogP contribution in [-0.4, -0.2) is 16.3 Å². The fourth-order valence-electron chi connectivity index (χ4n) is 1.65. The van der Waals surface area contributed by atoms with Gasteiger partial charge in [0.25, 0.3) is 0 Å². The number of hydrogen-bond donors (Lipinski definition) is 0. The lowest BCUT2D eigenvalue weighted by Crippen LogP contribution is -2.26. The summed E-state index contributed by atoms with van der Waals surface area (Å²) in [5.74, 6) is 0. The molecule has 1 radical (unpaired) electrons. The summed E-state index contributed by atoms with van der Waals surface area (Å²) in [4.78, 5) is 12.0. The highest BCUT2D eigenvalue weighted by molar-refractivity contribution is 5.92. The number of carbonyl (C=O) groups excluding carboxylic acids is 1. The van der Waals surface area contributed by atoms with Gasteiger partial charge in [-0.15, -0.1) is 0 Å². The van der Waals surface area contributed by atoms with Crippen molar-refractivity contribution in [2.24, 2.45) is 0 Å². The Morgan fingerprint density at radius 3 is 2.78 bits per heavy atom. The van der Waals surface area contributed by atoms with Crippen LogP contribution in [0.2, 0.25) is 0 Å². The van der Waals surface area contributed by atoms with Crippen LogP contribution in [0.15, 0.2) is 24.3 Å². The molecule has 0 spiro atoms. The highest BCUT2D eigenvalue weighted by Gasteiger charge is 2.19. The average Bonchev–Trinajstić information content (AvgIpc) is 2.69. The minimum atomic E-state index is -0.561. The van der Waals surface area contributed by atoms with E-state index in [1.807, 2.05) is 0 Å². The van der Waals surface area contributed by atoms with Crippen molar-refractivity contribution >= 4 is 17.0 Å². The van der Waals surface area contributed by atoms with Crippen LogP contribution in [0.4, 0.5) is 4.79 Å². The second-order valence-corrected chi connectivity index (χ2v) is 4.94. The van der Waals surface area contributed by atoms with E-state index in [2.05, 4.69) is 12.3 Å². The normalized spacial score (nSPS) is 11.2. The Balaban J connectivity index is 2.48. The Bertz CT molecular complexity index is 642. The third kappa shape index (κ3) is 2.21. The molecule has 4 nitrogen and oxygen atoms in total. The van der Waals surface area contributed by atoms with Crippen molar-refractivity contribution in [3.05, 3.63) is 36.0 Å². The molecule has 0 saturated heterocycles. The molecule has 0 unspecified atom stereocenters. The molecule has 0 aliphatic heterocycles. The van der Waals surface area contributed by atoms with Crippen molar-refractivity contribution in [2.45, 2.75) is 26.4 Å². The van der Waals surface area contributed by atoms with Gasteiger partial charge in [0.1, 0.15) is 5.60 Å². The maximum absolute atomic E-state index is 12.0. The van der Waals surface area contributed by atoms with Gasteiger partial charge in [0, 0.05) is 5.39 Å². The van der Waals surface area contributed by atoms with Crippen LogP contribution in [0.25, 0.3) is 10.9 Å². The summed E-state index contributed by atoms with van der Waals surface area (Å²) in [6, 6.07) is 8.90. The van der Waals surface area contributed by atoms with E-state index in [1.54, 1.807) is 45.0 Å². The van der Waals surface area contributed by atoms with E-state index in [-0.39, 0.29) is 0 Å². The molecule has 1 aromatic carbocycles. The minimum absolute atomic E-state index is 0.493. The fraction of sp³-hybridized carbons (Fsp3) is 0.286. The molecular weight excluding hydrogens is 228 g/mol. The smallest absolute Gasteiger partial charge is 0.419 e. The quantitative estimate of drug-likeness (QED) is 0.712. The standard InChI is InChI=1S/C14H13N2O2/c1-14(2,3)18-13(17)16-8-7-11-10(9-15)5-4-6-12(11)16/h4-7H,1-3H3. The van der Waals surface area contributed by atoms with Crippen LogP contribution >= 0.6 is 0 Å². The molecular formula is C14H13N2O2. The molecule has 2 aromatic rings. The van der Waals surface area contributed by atoms with Crippen LogP contribution in [0.1, 0.15) is 26.3 Å². The van der Waals surface area contributed by atoms with E-state index in [0.717, 1.165) is 0 Å². The van der Waals surface area contributed by atoms with Crippen molar-refractivity contribution in [3.8, 4) is 6.07 Å². The van der Waals surface area contributed by atoms with E-state index >= 15 is 0 Å². The van der Waals surface area contributed by atoms with E-state index < -0.39 is 11.7 Å². The summed E-state index contributed by atoms with van der Waals surface area (Å²) in [6.07, 6.45) is 2.31. The molecule has 4 heteroatoms. The van der Waals surface area contributed by atoms with Gasteiger partial charge in [-0.05, 0) is 39.0 Å². The third-order valence-corrected chi connectivity index (χ3v) is 2.36. The molecule has 2 rings (SSSR count). The van der Waals surface area contributed by atoms with Gasteiger partial charge in [0.05, 0.1) is 23.3 Å². The van der Waals surface area contributed by atoms with Crippen molar-refractivity contribution in [3.63, 3.8) is 0 Å². The maximum Gasteiger partial charge on any atom is 0.419 e. The van der Waals surface area contributed by atoms with Crippen LogP contribution in [0, 0.1) is 17.5 Å². The maximum atomic E-state index is 12.0. The first-order valence-corrected chi connectivity index (χ1v) is 5.58. The van der Waals surface area contributed by atoms with Crippen molar-refractivity contribution in [1.29, 1.82) is 5.26 Å². The molecule has 0 aliphatic rings.